The van der Waals surface area contributed by atoms with Crippen LogP contribution in [-0.2, 0) is 6.54 Å². The third-order valence-corrected chi connectivity index (χ3v) is 3.90. The first kappa shape index (κ1) is 12.8. The van der Waals surface area contributed by atoms with Gasteiger partial charge in [-0.05, 0) is 25.1 Å². The molecule has 6 heteroatoms. The Hall–Kier alpha value is -2.21. The fourth-order valence-corrected chi connectivity index (χ4v) is 2.80. The summed E-state index contributed by atoms with van der Waals surface area (Å²) in [5.41, 5.74) is 7.14. The molecule has 0 spiro atoms. The number of aromatic nitrogens is 2. The lowest BCUT2D eigenvalue weighted by molar-refractivity contribution is 0.632. The highest BCUT2D eigenvalue weighted by Gasteiger charge is 2.12. The van der Waals surface area contributed by atoms with Gasteiger partial charge in [0.25, 0.3) is 0 Å². The number of anilines is 2. The maximum atomic E-state index is 14.1. The number of aryl methyl sites for hydroxylation is 1. The van der Waals surface area contributed by atoms with Gasteiger partial charge in [-0.25, -0.2) is 9.37 Å². The number of hydrogen-bond donors (Lipinski definition) is 2. The molecule has 0 bridgehead atoms. The highest BCUT2D eigenvalue weighted by molar-refractivity contribution is 7.11. The van der Waals surface area contributed by atoms with E-state index in [1.54, 1.807) is 29.8 Å². The third kappa shape index (κ3) is 2.30. The zero-order valence-electron chi connectivity index (χ0n) is 10.9. The van der Waals surface area contributed by atoms with Crippen molar-refractivity contribution < 1.29 is 4.39 Å². The van der Waals surface area contributed by atoms with E-state index in [4.69, 9.17) is 5.73 Å². The Kier molecular flexibility index (Phi) is 3.23. The standard InChI is InChI=1S/C14H13FN4S/c1-8-18-6-9(20-8)7-19-14-11(15)5-12(16)10-3-2-4-17-13(10)14/h2-6,19H,7,16H2,1H3. The molecule has 1 aromatic carbocycles. The molecule has 2 heterocycles. The predicted octanol–water partition coefficient (Wildman–Crippen LogP) is 3.33. The SMILES string of the molecule is Cc1ncc(CNc2c(F)cc(N)c3cccnc23)s1. The van der Waals surface area contributed by atoms with Gasteiger partial charge in [0.2, 0.25) is 0 Å². The minimum absolute atomic E-state index is 0.376. The Bertz CT molecular complexity index is 769. The summed E-state index contributed by atoms with van der Waals surface area (Å²) >= 11 is 1.58. The Morgan fingerprint density at radius 1 is 1.40 bits per heavy atom. The monoisotopic (exact) mass is 288 g/mol. The first-order valence-corrected chi connectivity index (χ1v) is 6.94. The molecule has 0 amide bonds. The number of thiazole rings is 1. The smallest absolute Gasteiger partial charge is 0.150 e. The quantitative estimate of drug-likeness (QED) is 0.726. The highest BCUT2D eigenvalue weighted by atomic mass is 32.1. The van der Waals surface area contributed by atoms with Crippen molar-refractivity contribution in [2.75, 3.05) is 11.1 Å². The van der Waals surface area contributed by atoms with E-state index in [2.05, 4.69) is 15.3 Å². The Morgan fingerprint density at radius 3 is 3.00 bits per heavy atom. The zero-order valence-corrected chi connectivity index (χ0v) is 11.7. The number of nitrogen functional groups attached to an aromatic ring is 1. The molecule has 0 saturated carbocycles. The molecule has 3 aromatic rings. The van der Waals surface area contributed by atoms with Gasteiger partial charge in [-0.2, -0.15) is 0 Å². The van der Waals surface area contributed by atoms with Crippen LogP contribution < -0.4 is 11.1 Å². The van der Waals surface area contributed by atoms with Crippen molar-refractivity contribution in [3.63, 3.8) is 0 Å². The minimum Gasteiger partial charge on any atom is -0.398 e. The van der Waals surface area contributed by atoms with E-state index < -0.39 is 5.82 Å². The van der Waals surface area contributed by atoms with Crippen LogP contribution in [0.2, 0.25) is 0 Å². The van der Waals surface area contributed by atoms with Gasteiger partial charge in [-0.1, -0.05) is 0 Å². The largest absolute Gasteiger partial charge is 0.398 e. The number of benzene rings is 1. The third-order valence-electron chi connectivity index (χ3n) is 2.99. The molecule has 0 aliphatic rings. The Morgan fingerprint density at radius 2 is 2.25 bits per heavy atom. The van der Waals surface area contributed by atoms with Crippen LogP contribution in [0.5, 0.6) is 0 Å². The van der Waals surface area contributed by atoms with Gasteiger partial charge in [-0.3, -0.25) is 4.98 Å². The number of rotatable bonds is 3. The van der Waals surface area contributed by atoms with Gasteiger partial charge >= 0.3 is 0 Å². The molecule has 2 aromatic heterocycles. The van der Waals surface area contributed by atoms with E-state index in [1.807, 2.05) is 13.0 Å². The first-order valence-electron chi connectivity index (χ1n) is 6.13. The molecule has 0 atom stereocenters. The molecule has 3 rings (SSSR count). The second-order valence-corrected chi connectivity index (χ2v) is 5.74. The lowest BCUT2D eigenvalue weighted by atomic mass is 10.1. The number of pyridine rings is 1. The minimum atomic E-state index is -0.394. The molecule has 0 saturated heterocycles. The summed E-state index contributed by atoms with van der Waals surface area (Å²) in [4.78, 5) is 9.45. The van der Waals surface area contributed by atoms with E-state index in [0.717, 1.165) is 15.3 Å². The lowest BCUT2D eigenvalue weighted by Gasteiger charge is -2.11. The van der Waals surface area contributed by atoms with Gasteiger partial charge in [0.1, 0.15) is 0 Å². The Balaban J connectivity index is 1.98. The first-order chi connectivity index (χ1) is 9.65. The molecule has 3 N–H and O–H groups in total. The highest BCUT2D eigenvalue weighted by Crippen LogP contribution is 2.30. The average molecular weight is 288 g/mol. The van der Waals surface area contributed by atoms with E-state index in [0.29, 0.717) is 23.4 Å². The van der Waals surface area contributed by atoms with Gasteiger partial charge in [-0.15, -0.1) is 11.3 Å². The average Bonchev–Trinajstić information content (AvgIpc) is 2.84. The van der Waals surface area contributed by atoms with Crippen molar-refractivity contribution in [2.24, 2.45) is 0 Å². The lowest BCUT2D eigenvalue weighted by Crippen LogP contribution is -2.03. The van der Waals surface area contributed by atoms with Gasteiger partial charge in [0.05, 0.1) is 22.8 Å². The van der Waals surface area contributed by atoms with Crippen LogP contribution >= 0.6 is 11.3 Å². The van der Waals surface area contributed by atoms with Crippen LogP contribution in [0.1, 0.15) is 9.88 Å². The molecule has 0 unspecified atom stereocenters. The molecule has 0 aliphatic heterocycles. The number of fused-ring (bicyclic) bond motifs is 1. The van der Waals surface area contributed by atoms with Crippen molar-refractivity contribution in [2.45, 2.75) is 13.5 Å². The molecule has 4 nitrogen and oxygen atoms in total. The summed E-state index contributed by atoms with van der Waals surface area (Å²) in [6, 6.07) is 4.94. The van der Waals surface area contributed by atoms with Crippen molar-refractivity contribution in [1.82, 2.24) is 9.97 Å². The molecule has 0 aliphatic carbocycles. The van der Waals surface area contributed by atoms with Crippen LogP contribution in [0.15, 0.2) is 30.6 Å². The van der Waals surface area contributed by atoms with Crippen molar-refractivity contribution in [3.05, 3.63) is 46.3 Å². The van der Waals surface area contributed by atoms with Gasteiger partial charge in [0, 0.05) is 28.3 Å². The van der Waals surface area contributed by atoms with Gasteiger partial charge in [0.15, 0.2) is 5.82 Å². The number of nitrogens with one attached hydrogen (secondary N) is 1. The van der Waals surface area contributed by atoms with E-state index in [9.17, 15) is 4.39 Å². The summed E-state index contributed by atoms with van der Waals surface area (Å²) < 4.78 is 14.1. The van der Waals surface area contributed by atoms with E-state index in [1.165, 1.54) is 6.07 Å². The zero-order chi connectivity index (χ0) is 14.1. The Labute approximate surface area is 119 Å². The normalized spacial score (nSPS) is 10.9. The molecule has 0 fully saturated rings. The van der Waals surface area contributed by atoms with Crippen molar-refractivity contribution in [3.8, 4) is 0 Å². The molecule has 102 valence electrons. The van der Waals surface area contributed by atoms with Crippen LogP contribution in [0.4, 0.5) is 15.8 Å². The molecule has 20 heavy (non-hydrogen) atoms. The molecule has 0 radical (unpaired) electrons. The number of nitrogens with zero attached hydrogens (tertiary/aromatic N) is 2. The second kappa shape index (κ2) is 5.05. The maximum Gasteiger partial charge on any atom is 0.150 e. The molecular weight excluding hydrogens is 275 g/mol. The summed E-state index contributed by atoms with van der Waals surface area (Å²) in [6.45, 7) is 2.45. The van der Waals surface area contributed by atoms with Crippen LogP contribution in [-0.4, -0.2) is 9.97 Å². The number of hydrogen-bond acceptors (Lipinski definition) is 5. The summed E-state index contributed by atoms with van der Waals surface area (Å²) in [6.07, 6.45) is 3.42. The van der Waals surface area contributed by atoms with Gasteiger partial charge < -0.3 is 11.1 Å². The van der Waals surface area contributed by atoms with Crippen molar-refractivity contribution >= 4 is 33.6 Å². The fraction of sp³-hybridized carbons (Fsp3) is 0.143. The molecular formula is C14H13FN4S. The summed E-state index contributed by atoms with van der Waals surface area (Å²) in [5.74, 6) is -0.394. The van der Waals surface area contributed by atoms with Crippen molar-refractivity contribution in [1.29, 1.82) is 0 Å². The maximum absolute atomic E-state index is 14.1. The van der Waals surface area contributed by atoms with Crippen LogP contribution in [0, 0.1) is 12.7 Å². The predicted molar refractivity (Wildman–Crippen MR) is 80.3 cm³/mol. The topological polar surface area (TPSA) is 63.8 Å². The summed E-state index contributed by atoms with van der Waals surface area (Å²) in [5, 5.41) is 4.83. The van der Waals surface area contributed by atoms with Crippen LogP contribution in [0.3, 0.4) is 0 Å². The van der Waals surface area contributed by atoms with E-state index in [-0.39, 0.29) is 0 Å². The summed E-state index contributed by atoms with van der Waals surface area (Å²) in [7, 11) is 0. The second-order valence-electron chi connectivity index (χ2n) is 4.42. The van der Waals surface area contributed by atoms with Crippen LogP contribution in [0.25, 0.3) is 10.9 Å². The fourth-order valence-electron chi connectivity index (χ4n) is 2.07. The number of nitrogens with two attached hydrogens (primary N) is 1. The van der Waals surface area contributed by atoms with E-state index >= 15 is 0 Å². The number of halogens is 1.